The Kier molecular flexibility index (Phi) is 7.54. The van der Waals surface area contributed by atoms with Gasteiger partial charge < -0.3 is 5.73 Å². The second-order valence-electron chi connectivity index (χ2n) is 15.2. The SMILES string of the molecule is [B]c1ccc(CC2(C)C3=CCC4C(CCC5(C)C(C(C)CCC=C(C)C)CCC45)C3(C)CCC2C)c(N)c1. The number of nitrogens with two attached hydrogens (primary N) is 1. The van der Waals surface area contributed by atoms with Gasteiger partial charge in [0.25, 0.3) is 0 Å². The first kappa shape index (κ1) is 28.1. The highest BCUT2D eigenvalue weighted by molar-refractivity contribution is 6.32. The summed E-state index contributed by atoms with van der Waals surface area (Å²) in [6.45, 7) is 17.5. The minimum atomic E-state index is 0.167. The lowest BCUT2D eigenvalue weighted by atomic mass is 9.42. The molecule has 9 atom stereocenters. The smallest absolute Gasteiger partial charge is 0.113 e. The number of hydrogen-bond donors (Lipinski definition) is 1. The Balaban J connectivity index is 1.41. The van der Waals surface area contributed by atoms with E-state index < -0.39 is 0 Å². The van der Waals surface area contributed by atoms with Crippen molar-refractivity contribution in [1.29, 1.82) is 0 Å². The Morgan fingerprint density at radius 3 is 2.55 bits per heavy atom. The molecule has 0 spiro atoms. The van der Waals surface area contributed by atoms with Crippen LogP contribution in [-0.4, -0.2) is 7.85 Å². The summed E-state index contributed by atoms with van der Waals surface area (Å²) >= 11 is 0. The van der Waals surface area contributed by atoms with Gasteiger partial charge in [-0.2, -0.15) is 0 Å². The van der Waals surface area contributed by atoms with Gasteiger partial charge in [0.1, 0.15) is 7.85 Å². The Morgan fingerprint density at radius 2 is 1.84 bits per heavy atom. The molecule has 5 rings (SSSR count). The summed E-state index contributed by atoms with van der Waals surface area (Å²) in [5.41, 5.74) is 13.7. The van der Waals surface area contributed by atoms with Crippen molar-refractivity contribution in [2.45, 2.75) is 113 Å². The van der Waals surface area contributed by atoms with Crippen LogP contribution < -0.4 is 11.2 Å². The third-order valence-electron chi connectivity index (χ3n) is 12.9. The Morgan fingerprint density at radius 1 is 1.08 bits per heavy atom. The quantitative estimate of drug-likeness (QED) is 0.230. The number of nitrogen functional groups attached to an aromatic ring is 1. The fourth-order valence-corrected chi connectivity index (χ4v) is 10.7. The molecule has 9 unspecified atom stereocenters. The zero-order chi connectivity index (χ0) is 27.5. The highest BCUT2D eigenvalue weighted by Gasteiger charge is 2.61. The van der Waals surface area contributed by atoms with E-state index in [2.05, 4.69) is 66.7 Å². The Hall–Kier alpha value is -1.44. The van der Waals surface area contributed by atoms with Crippen LogP contribution >= 0.6 is 0 Å². The number of benzene rings is 1. The standard InChI is InChI=1S/C36H54BN/c1-23(2)9-8-10-24(3)29-14-15-30-28-13-16-33-35(6,31(28)18-20-34(29,30)5)19-17-25(4)36(33,7)22-26-11-12-27(37)21-32(26)38/h9,11-12,16,21,24-25,28-31H,8,10,13-15,17-20,22,38H2,1-7H3. The normalized spacial score (nSPS) is 40.9. The number of hydrogen-bond acceptors (Lipinski definition) is 1. The second kappa shape index (κ2) is 10.2. The third-order valence-corrected chi connectivity index (χ3v) is 12.9. The molecule has 1 aromatic carbocycles. The molecule has 2 heteroatoms. The van der Waals surface area contributed by atoms with Gasteiger partial charge in [-0.15, -0.1) is 0 Å². The maximum absolute atomic E-state index is 6.50. The fourth-order valence-electron chi connectivity index (χ4n) is 10.7. The van der Waals surface area contributed by atoms with Crippen LogP contribution in [0.15, 0.2) is 41.5 Å². The molecule has 2 radical (unpaired) electrons. The molecule has 1 aromatic rings. The van der Waals surface area contributed by atoms with E-state index in [0.29, 0.717) is 16.7 Å². The molecule has 38 heavy (non-hydrogen) atoms. The average Bonchev–Trinajstić information content (AvgIpc) is 3.21. The number of anilines is 1. The first-order chi connectivity index (χ1) is 17.9. The zero-order valence-electron chi connectivity index (χ0n) is 25.6. The predicted molar refractivity (Wildman–Crippen MR) is 166 cm³/mol. The van der Waals surface area contributed by atoms with E-state index in [1.807, 2.05) is 12.1 Å². The van der Waals surface area contributed by atoms with E-state index in [-0.39, 0.29) is 5.41 Å². The molecule has 1 nitrogen and oxygen atoms in total. The van der Waals surface area contributed by atoms with Crippen molar-refractivity contribution < 1.29 is 0 Å². The van der Waals surface area contributed by atoms with E-state index in [1.165, 1.54) is 68.9 Å². The van der Waals surface area contributed by atoms with E-state index in [1.54, 1.807) is 5.57 Å². The molecule has 4 aliphatic rings. The first-order valence-corrected chi connectivity index (χ1v) is 15.9. The van der Waals surface area contributed by atoms with Crippen molar-refractivity contribution in [1.82, 2.24) is 0 Å². The van der Waals surface area contributed by atoms with Crippen molar-refractivity contribution >= 4 is 19.0 Å². The summed E-state index contributed by atoms with van der Waals surface area (Å²) in [5.74, 6) is 5.04. The van der Waals surface area contributed by atoms with Crippen LogP contribution in [0.5, 0.6) is 0 Å². The molecule has 3 saturated carbocycles. The summed E-state index contributed by atoms with van der Waals surface area (Å²) < 4.78 is 0. The molecule has 206 valence electrons. The zero-order valence-corrected chi connectivity index (χ0v) is 25.6. The van der Waals surface area contributed by atoms with Crippen LogP contribution in [-0.2, 0) is 6.42 Å². The molecule has 0 amide bonds. The van der Waals surface area contributed by atoms with Crippen LogP contribution in [0.25, 0.3) is 0 Å². The van der Waals surface area contributed by atoms with Crippen LogP contribution in [0.1, 0.15) is 112 Å². The summed E-state index contributed by atoms with van der Waals surface area (Å²) in [4.78, 5) is 0. The van der Waals surface area contributed by atoms with Crippen molar-refractivity contribution in [3.8, 4) is 0 Å². The second-order valence-corrected chi connectivity index (χ2v) is 15.2. The van der Waals surface area contributed by atoms with Gasteiger partial charge in [-0.25, -0.2) is 0 Å². The van der Waals surface area contributed by atoms with Crippen molar-refractivity contribution in [3.05, 3.63) is 47.1 Å². The molecule has 0 aromatic heterocycles. The topological polar surface area (TPSA) is 26.0 Å². The van der Waals surface area contributed by atoms with E-state index in [4.69, 9.17) is 13.6 Å². The van der Waals surface area contributed by atoms with Gasteiger partial charge in [-0.1, -0.05) is 75.5 Å². The Labute approximate surface area is 235 Å². The molecule has 0 aliphatic heterocycles. The first-order valence-electron chi connectivity index (χ1n) is 15.9. The predicted octanol–water partition coefficient (Wildman–Crippen LogP) is 8.82. The van der Waals surface area contributed by atoms with E-state index >= 15 is 0 Å². The maximum Gasteiger partial charge on any atom is 0.113 e. The lowest BCUT2D eigenvalue weighted by Gasteiger charge is -2.62. The minimum Gasteiger partial charge on any atom is -0.399 e. The van der Waals surface area contributed by atoms with Crippen molar-refractivity contribution in [2.24, 2.45) is 51.8 Å². The maximum atomic E-state index is 6.50. The molecular weight excluding hydrogens is 457 g/mol. The minimum absolute atomic E-state index is 0.167. The van der Waals surface area contributed by atoms with Gasteiger partial charge in [0.15, 0.2) is 0 Å². The van der Waals surface area contributed by atoms with Crippen molar-refractivity contribution in [2.75, 3.05) is 5.73 Å². The van der Waals surface area contributed by atoms with E-state index in [0.717, 1.165) is 47.2 Å². The lowest BCUT2D eigenvalue weighted by Crippen LogP contribution is -2.54. The molecule has 2 N–H and O–H groups in total. The largest absolute Gasteiger partial charge is 0.399 e. The summed E-state index contributed by atoms with van der Waals surface area (Å²) in [5, 5.41) is 0. The van der Waals surface area contributed by atoms with Crippen molar-refractivity contribution in [3.63, 3.8) is 0 Å². The van der Waals surface area contributed by atoms with Gasteiger partial charge in [-0.3, -0.25) is 0 Å². The number of allylic oxidation sites excluding steroid dienone is 4. The van der Waals surface area contributed by atoms with Crippen LogP contribution in [0.4, 0.5) is 5.69 Å². The average molecular weight is 512 g/mol. The van der Waals surface area contributed by atoms with E-state index in [9.17, 15) is 0 Å². The molecule has 0 saturated heterocycles. The van der Waals surface area contributed by atoms with Gasteiger partial charge in [0.2, 0.25) is 0 Å². The summed E-state index contributed by atoms with van der Waals surface area (Å²) in [6, 6.07) is 6.17. The highest BCUT2D eigenvalue weighted by Crippen LogP contribution is 2.70. The summed E-state index contributed by atoms with van der Waals surface area (Å²) in [7, 11) is 6.04. The number of rotatable bonds is 6. The van der Waals surface area contributed by atoms with Gasteiger partial charge in [-0.05, 0) is 141 Å². The molecule has 4 aliphatic carbocycles. The van der Waals surface area contributed by atoms with Crippen LogP contribution in [0, 0.1) is 51.8 Å². The van der Waals surface area contributed by atoms with Crippen LogP contribution in [0.3, 0.4) is 0 Å². The molecular formula is C36H54BN. The summed E-state index contributed by atoms with van der Waals surface area (Å²) in [6.07, 6.45) is 18.6. The Bertz CT molecular complexity index is 1100. The number of fused-ring (bicyclic) bond motifs is 5. The fraction of sp³-hybridized carbons (Fsp3) is 0.722. The molecule has 3 fully saturated rings. The van der Waals surface area contributed by atoms with Gasteiger partial charge >= 0.3 is 0 Å². The van der Waals surface area contributed by atoms with Crippen LogP contribution in [0.2, 0.25) is 0 Å². The molecule has 0 heterocycles. The monoisotopic (exact) mass is 511 g/mol. The van der Waals surface area contributed by atoms with Gasteiger partial charge in [0.05, 0.1) is 0 Å². The lowest BCUT2D eigenvalue weighted by molar-refractivity contribution is -0.0655. The third kappa shape index (κ3) is 4.54. The van der Waals surface area contributed by atoms with Gasteiger partial charge in [0, 0.05) is 5.69 Å². The molecule has 0 bridgehead atoms. The highest BCUT2D eigenvalue weighted by atomic mass is 14.7.